The molecular formula is C16H20BrN3O. The van der Waals surface area contributed by atoms with E-state index in [1.54, 1.807) is 12.4 Å². The first kappa shape index (κ1) is 15.8. The van der Waals surface area contributed by atoms with Crippen molar-refractivity contribution in [3.8, 4) is 0 Å². The highest BCUT2D eigenvalue weighted by atomic mass is 79.9. The summed E-state index contributed by atoms with van der Waals surface area (Å²) in [5.74, 6) is 0.0497. The van der Waals surface area contributed by atoms with E-state index in [4.69, 9.17) is 0 Å². The van der Waals surface area contributed by atoms with Crippen LogP contribution in [-0.2, 0) is 6.54 Å². The van der Waals surface area contributed by atoms with Crippen molar-refractivity contribution >= 4 is 21.8 Å². The second kappa shape index (κ2) is 6.89. The van der Waals surface area contributed by atoms with E-state index in [1.165, 1.54) is 0 Å². The van der Waals surface area contributed by atoms with Crippen molar-refractivity contribution in [1.29, 1.82) is 0 Å². The van der Waals surface area contributed by atoms with Crippen LogP contribution in [0.25, 0.3) is 0 Å². The third-order valence-corrected chi connectivity index (χ3v) is 3.82. The highest BCUT2D eigenvalue weighted by Gasteiger charge is 2.20. The largest absolute Gasteiger partial charge is 0.340 e. The highest BCUT2D eigenvalue weighted by molar-refractivity contribution is 9.10. The number of nitrogens with zero attached hydrogens (tertiary/aromatic N) is 3. The Morgan fingerprint density at radius 2 is 2.05 bits per heavy atom. The molecular weight excluding hydrogens is 330 g/mol. The fraction of sp³-hybridized carbons (Fsp3) is 0.375. The lowest BCUT2D eigenvalue weighted by Crippen LogP contribution is -2.32. The Morgan fingerprint density at radius 1 is 1.38 bits per heavy atom. The Labute approximate surface area is 133 Å². The number of hydrogen-bond donors (Lipinski definition) is 0. The lowest BCUT2D eigenvalue weighted by Gasteiger charge is -2.22. The Bertz CT molecular complexity index is 607. The number of halogens is 1. The summed E-state index contributed by atoms with van der Waals surface area (Å²) in [7, 11) is 0. The molecule has 2 aromatic rings. The number of amides is 1. The lowest BCUT2D eigenvalue weighted by molar-refractivity contribution is 0.0740. The maximum Gasteiger partial charge on any atom is 0.270 e. The molecule has 0 bridgehead atoms. The van der Waals surface area contributed by atoms with Gasteiger partial charge < -0.3 is 9.47 Å². The SMILES string of the molecule is CCN(Cc1ccncc1)C(=O)c1cc(Br)cn1C(C)C. The quantitative estimate of drug-likeness (QED) is 0.821. The number of rotatable bonds is 5. The van der Waals surface area contributed by atoms with Gasteiger partial charge in [0.05, 0.1) is 0 Å². The predicted molar refractivity (Wildman–Crippen MR) is 87.2 cm³/mol. The zero-order valence-electron chi connectivity index (χ0n) is 12.6. The Balaban J connectivity index is 2.24. The van der Waals surface area contributed by atoms with Gasteiger partial charge in [0, 0.05) is 42.2 Å². The number of carbonyl (C=O) groups is 1. The molecule has 0 aliphatic carbocycles. The van der Waals surface area contributed by atoms with Gasteiger partial charge in [0.15, 0.2) is 0 Å². The first-order chi connectivity index (χ1) is 10.0. The van der Waals surface area contributed by atoms with Crippen LogP contribution in [0.1, 0.15) is 42.9 Å². The normalized spacial score (nSPS) is 10.9. The van der Waals surface area contributed by atoms with Gasteiger partial charge in [0.25, 0.3) is 5.91 Å². The standard InChI is InChI=1S/C16H20BrN3O/c1-4-19(10-13-5-7-18-8-6-13)16(21)15-9-14(17)11-20(15)12(2)3/h5-9,11-12H,4,10H2,1-3H3. The van der Waals surface area contributed by atoms with E-state index in [9.17, 15) is 4.79 Å². The molecule has 0 fully saturated rings. The monoisotopic (exact) mass is 349 g/mol. The summed E-state index contributed by atoms with van der Waals surface area (Å²) < 4.78 is 2.93. The van der Waals surface area contributed by atoms with Crippen LogP contribution in [0, 0.1) is 0 Å². The topological polar surface area (TPSA) is 38.1 Å². The summed E-state index contributed by atoms with van der Waals surface area (Å²) in [4.78, 5) is 18.6. The van der Waals surface area contributed by atoms with Crippen LogP contribution in [0.15, 0.2) is 41.3 Å². The van der Waals surface area contributed by atoms with Gasteiger partial charge in [-0.05, 0) is 60.5 Å². The third-order valence-electron chi connectivity index (χ3n) is 3.38. The predicted octanol–water partition coefficient (Wildman–Crippen LogP) is 3.89. The molecule has 0 radical (unpaired) electrons. The molecule has 0 saturated heterocycles. The van der Waals surface area contributed by atoms with E-state index in [1.807, 2.05) is 40.8 Å². The number of pyridine rings is 1. The molecule has 0 unspecified atom stereocenters. The molecule has 0 saturated carbocycles. The van der Waals surface area contributed by atoms with E-state index in [-0.39, 0.29) is 11.9 Å². The molecule has 4 nitrogen and oxygen atoms in total. The van der Waals surface area contributed by atoms with Gasteiger partial charge >= 0.3 is 0 Å². The van der Waals surface area contributed by atoms with Gasteiger partial charge in [0.2, 0.25) is 0 Å². The minimum Gasteiger partial charge on any atom is -0.340 e. The average molecular weight is 350 g/mol. The van der Waals surface area contributed by atoms with Crippen molar-refractivity contribution in [2.45, 2.75) is 33.4 Å². The molecule has 0 spiro atoms. The lowest BCUT2D eigenvalue weighted by atomic mass is 10.2. The van der Waals surface area contributed by atoms with Crippen molar-refractivity contribution in [2.24, 2.45) is 0 Å². The molecule has 0 N–H and O–H groups in total. The Kier molecular flexibility index (Phi) is 5.17. The van der Waals surface area contributed by atoms with Gasteiger partial charge in [-0.3, -0.25) is 9.78 Å². The molecule has 0 atom stereocenters. The summed E-state index contributed by atoms with van der Waals surface area (Å²) in [6.07, 6.45) is 5.46. The summed E-state index contributed by atoms with van der Waals surface area (Å²) >= 11 is 3.46. The molecule has 5 heteroatoms. The molecule has 112 valence electrons. The number of aromatic nitrogens is 2. The Morgan fingerprint density at radius 3 is 2.62 bits per heavy atom. The Hall–Kier alpha value is -1.62. The van der Waals surface area contributed by atoms with Gasteiger partial charge in [-0.25, -0.2) is 0 Å². The van der Waals surface area contributed by atoms with Crippen LogP contribution in [0.4, 0.5) is 0 Å². The summed E-state index contributed by atoms with van der Waals surface area (Å²) in [5.41, 5.74) is 1.80. The van der Waals surface area contributed by atoms with Gasteiger partial charge in [-0.15, -0.1) is 0 Å². The minimum absolute atomic E-state index is 0.0497. The first-order valence-corrected chi connectivity index (χ1v) is 7.87. The van der Waals surface area contributed by atoms with E-state index in [0.29, 0.717) is 18.8 Å². The van der Waals surface area contributed by atoms with E-state index < -0.39 is 0 Å². The zero-order valence-corrected chi connectivity index (χ0v) is 14.2. The summed E-state index contributed by atoms with van der Waals surface area (Å²) in [6.45, 7) is 7.41. The van der Waals surface area contributed by atoms with Gasteiger partial charge in [-0.1, -0.05) is 0 Å². The minimum atomic E-state index is 0.0497. The van der Waals surface area contributed by atoms with Crippen molar-refractivity contribution < 1.29 is 4.79 Å². The molecule has 2 rings (SSSR count). The van der Waals surface area contributed by atoms with Crippen LogP contribution < -0.4 is 0 Å². The smallest absolute Gasteiger partial charge is 0.270 e. The molecule has 21 heavy (non-hydrogen) atoms. The van der Waals surface area contributed by atoms with Crippen molar-refractivity contribution in [1.82, 2.24) is 14.5 Å². The van der Waals surface area contributed by atoms with Gasteiger partial charge in [0.1, 0.15) is 5.69 Å². The van der Waals surface area contributed by atoms with E-state index in [0.717, 1.165) is 10.0 Å². The van der Waals surface area contributed by atoms with E-state index in [2.05, 4.69) is 34.8 Å². The molecule has 0 aliphatic rings. The highest BCUT2D eigenvalue weighted by Crippen LogP contribution is 2.21. The van der Waals surface area contributed by atoms with Crippen LogP contribution in [0.2, 0.25) is 0 Å². The molecule has 2 heterocycles. The molecule has 2 aromatic heterocycles. The molecule has 0 aliphatic heterocycles. The maximum atomic E-state index is 12.8. The van der Waals surface area contributed by atoms with Crippen LogP contribution in [0.5, 0.6) is 0 Å². The fourth-order valence-electron chi connectivity index (χ4n) is 2.24. The van der Waals surface area contributed by atoms with Crippen LogP contribution in [-0.4, -0.2) is 26.9 Å². The number of hydrogen-bond acceptors (Lipinski definition) is 2. The zero-order chi connectivity index (χ0) is 15.4. The third kappa shape index (κ3) is 3.73. The van der Waals surface area contributed by atoms with Gasteiger partial charge in [-0.2, -0.15) is 0 Å². The summed E-state index contributed by atoms with van der Waals surface area (Å²) in [6, 6.07) is 6.01. The van der Waals surface area contributed by atoms with Crippen molar-refractivity contribution in [3.05, 3.63) is 52.5 Å². The maximum absolute atomic E-state index is 12.8. The fourth-order valence-corrected chi connectivity index (χ4v) is 2.68. The van der Waals surface area contributed by atoms with Crippen LogP contribution in [0.3, 0.4) is 0 Å². The molecule has 0 aromatic carbocycles. The average Bonchev–Trinajstić information content (AvgIpc) is 2.87. The molecule has 1 amide bonds. The second-order valence-electron chi connectivity index (χ2n) is 5.22. The van der Waals surface area contributed by atoms with Crippen molar-refractivity contribution in [2.75, 3.05) is 6.54 Å². The van der Waals surface area contributed by atoms with Crippen molar-refractivity contribution in [3.63, 3.8) is 0 Å². The summed E-state index contributed by atoms with van der Waals surface area (Å²) in [5, 5.41) is 0. The number of carbonyl (C=O) groups excluding carboxylic acids is 1. The second-order valence-corrected chi connectivity index (χ2v) is 6.14. The first-order valence-electron chi connectivity index (χ1n) is 7.08. The van der Waals surface area contributed by atoms with E-state index >= 15 is 0 Å². The van der Waals surface area contributed by atoms with Crippen LogP contribution >= 0.6 is 15.9 Å².